The lowest BCUT2D eigenvalue weighted by atomic mass is 9.99. The molecule has 2 aliphatic rings. The van der Waals surface area contributed by atoms with E-state index in [1.807, 2.05) is 0 Å². The maximum atomic E-state index is 3.88. The van der Waals surface area contributed by atoms with E-state index in [-0.39, 0.29) is 0 Å². The molecular formula is C9H14. The third-order valence-corrected chi connectivity index (χ3v) is 2.60. The summed E-state index contributed by atoms with van der Waals surface area (Å²) in [5.41, 5.74) is 0. The molecular weight excluding hydrogens is 108 g/mol. The van der Waals surface area contributed by atoms with E-state index >= 15 is 0 Å². The molecule has 0 amide bonds. The van der Waals surface area contributed by atoms with Crippen molar-refractivity contribution in [2.75, 3.05) is 0 Å². The van der Waals surface area contributed by atoms with Crippen molar-refractivity contribution >= 4 is 0 Å². The van der Waals surface area contributed by atoms with Crippen molar-refractivity contribution in [3.8, 4) is 0 Å². The Morgan fingerprint density at radius 2 is 1.56 bits per heavy atom. The predicted molar refractivity (Wildman–Crippen MR) is 39.1 cm³/mol. The van der Waals surface area contributed by atoms with Gasteiger partial charge in [-0.1, -0.05) is 6.08 Å². The van der Waals surface area contributed by atoms with Crippen LogP contribution in [0.5, 0.6) is 0 Å². The van der Waals surface area contributed by atoms with Crippen molar-refractivity contribution < 1.29 is 0 Å². The van der Waals surface area contributed by atoms with E-state index in [4.69, 9.17) is 0 Å². The summed E-state index contributed by atoms with van der Waals surface area (Å²) in [6, 6.07) is 0. The molecule has 0 aromatic rings. The second kappa shape index (κ2) is 1.86. The van der Waals surface area contributed by atoms with Crippen molar-refractivity contribution in [2.24, 2.45) is 17.8 Å². The van der Waals surface area contributed by atoms with Crippen molar-refractivity contribution in [1.29, 1.82) is 0 Å². The third kappa shape index (κ3) is 1.03. The molecule has 0 spiro atoms. The minimum atomic E-state index is 0.907. The van der Waals surface area contributed by atoms with E-state index in [1.165, 1.54) is 25.7 Å². The molecule has 0 heteroatoms. The Balaban J connectivity index is 1.92. The molecule has 2 saturated carbocycles. The van der Waals surface area contributed by atoms with Gasteiger partial charge < -0.3 is 0 Å². The summed E-state index contributed by atoms with van der Waals surface area (Å²) in [6.45, 7) is 3.88. The van der Waals surface area contributed by atoms with E-state index in [1.54, 1.807) is 0 Å². The normalized spacial score (nSPS) is 26.8. The molecule has 0 atom stereocenters. The average Bonchev–Trinajstić information content (AvgIpc) is 2.61. The summed E-state index contributed by atoms with van der Waals surface area (Å²) < 4.78 is 0. The monoisotopic (exact) mass is 122 g/mol. The van der Waals surface area contributed by atoms with Crippen molar-refractivity contribution in [2.45, 2.75) is 25.7 Å². The van der Waals surface area contributed by atoms with Crippen LogP contribution in [-0.4, -0.2) is 0 Å². The summed E-state index contributed by atoms with van der Waals surface area (Å²) in [6.07, 6.45) is 8.11. The first-order valence-electron chi connectivity index (χ1n) is 4.04. The van der Waals surface area contributed by atoms with Gasteiger partial charge in [-0.2, -0.15) is 0 Å². The molecule has 0 radical (unpaired) electrons. The number of rotatable bonds is 3. The van der Waals surface area contributed by atoms with E-state index < -0.39 is 0 Å². The van der Waals surface area contributed by atoms with Crippen LogP contribution in [0.25, 0.3) is 0 Å². The van der Waals surface area contributed by atoms with E-state index in [0.717, 1.165) is 17.8 Å². The summed E-state index contributed by atoms with van der Waals surface area (Å²) in [7, 11) is 0. The summed E-state index contributed by atoms with van der Waals surface area (Å²) >= 11 is 0. The number of hydrogen-bond acceptors (Lipinski definition) is 0. The summed E-state index contributed by atoms with van der Waals surface area (Å²) in [5, 5.41) is 0. The summed E-state index contributed by atoms with van der Waals surface area (Å²) in [4.78, 5) is 0. The first-order chi connectivity index (χ1) is 4.42. The Bertz CT molecular complexity index is 106. The van der Waals surface area contributed by atoms with E-state index in [9.17, 15) is 0 Å². The second-order valence-corrected chi connectivity index (χ2v) is 3.49. The lowest BCUT2D eigenvalue weighted by Gasteiger charge is -2.06. The minimum Gasteiger partial charge on any atom is -0.103 e. The molecule has 0 saturated heterocycles. The largest absolute Gasteiger partial charge is 0.103 e. The Morgan fingerprint density at radius 1 is 1.11 bits per heavy atom. The zero-order chi connectivity index (χ0) is 6.27. The fraction of sp³-hybridized carbons (Fsp3) is 0.778. The first kappa shape index (κ1) is 5.52. The Morgan fingerprint density at radius 3 is 1.78 bits per heavy atom. The lowest BCUT2D eigenvalue weighted by Crippen LogP contribution is -1.99. The lowest BCUT2D eigenvalue weighted by molar-refractivity contribution is 0.502. The minimum absolute atomic E-state index is 0.907. The van der Waals surface area contributed by atoms with Crippen LogP contribution in [0.1, 0.15) is 25.7 Å². The number of hydrogen-bond donors (Lipinski definition) is 0. The quantitative estimate of drug-likeness (QED) is 0.505. The van der Waals surface area contributed by atoms with Gasteiger partial charge in [-0.15, -0.1) is 6.58 Å². The zero-order valence-corrected chi connectivity index (χ0v) is 5.84. The molecule has 2 fully saturated rings. The van der Waals surface area contributed by atoms with Gasteiger partial charge in [0.2, 0.25) is 0 Å². The van der Waals surface area contributed by atoms with Gasteiger partial charge >= 0.3 is 0 Å². The van der Waals surface area contributed by atoms with Crippen LogP contribution in [0.2, 0.25) is 0 Å². The fourth-order valence-electron chi connectivity index (χ4n) is 1.73. The van der Waals surface area contributed by atoms with Gasteiger partial charge in [-0.05, 0) is 43.4 Å². The zero-order valence-electron chi connectivity index (χ0n) is 5.84. The van der Waals surface area contributed by atoms with Crippen LogP contribution < -0.4 is 0 Å². The second-order valence-electron chi connectivity index (χ2n) is 3.49. The molecule has 0 heterocycles. The highest BCUT2D eigenvalue weighted by molar-refractivity contribution is 4.99. The molecule has 0 unspecified atom stereocenters. The third-order valence-electron chi connectivity index (χ3n) is 2.60. The van der Waals surface area contributed by atoms with Gasteiger partial charge in [0, 0.05) is 0 Å². The Hall–Kier alpha value is -0.260. The molecule has 0 N–H and O–H groups in total. The maximum absolute atomic E-state index is 3.88. The van der Waals surface area contributed by atoms with Gasteiger partial charge in [-0.25, -0.2) is 0 Å². The fourth-order valence-corrected chi connectivity index (χ4v) is 1.73. The van der Waals surface area contributed by atoms with Crippen LogP contribution in [0.15, 0.2) is 12.7 Å². The molecule has 50 valence electrons. The molecule has 0 aliphatic heterocycles. The van der Waals surface area contributed by atoms with Crippen molar-refractivity contribution in [1.82, 2.24) is 0 Å². The molecule has 0 aromatic carbocycles. The van der Waals surface area contributed by atoms with E-state index in [0.29, 0.717) is 0 Å². The van der Waals surface area contributed by atoms with Gasteiger partial charge in [0.05, 0.1) is 0 Å². The molecule has 2 rings (SSSR count). The maximum Gasteiger partial charge on any atom is -0.0179 e. The van der Waals surface area contributed by atoms with Gasteiger partial charge in [0.15, 0.2) is 0 Å². The van der Waals surface area contributed by atoms with Gasteiger partial charge in [-0.3, -0.25) is 0 Å². The van der Waals surface area contributed by atoms with Crippen LogP contribution in [0, 0.1) is 17.8 Å². The molecule has 0 bridgehead atoms. The molecule has 0 nitrogen and oxygen atoms in total. The smallest absolute Gasteiger partial charge is 0.0179 e. The highest BCUT2D eigenvalue weighted by Gasteiger charge is 2.39. The highest BCUT2D eigenvalue weighted by Crippen LogP contribution is 2.49. The van der Waals surface area contributed by atoms with Gasteiger partial charge in [0.1, 0.15) is 0 Å². The Kier molecular flexibility index (Phi) is 1.14. The number of allylic oxidation sites excluding steroid dienone is 1. The SMILES string of the molecule is C=CC(C1CC1)C1CC1. The standard InChI is InChI=1S/C9H14/c1-2-9(7-3-4-7)8-5-6-8/h2,7-9H,1,3-6H2. The highest BCUT2D eigenvalue weighted by atomic mass is 14.4. The van der Waals surface area contributed by atoms with Crippen LogP contribution >= 0.6 is 0 Å². The average molecular weight is 122 g/mol. The van der Waals surface area contributed by atoms with Gasteiger partial charge in [0.25, 0.3) is 0 Å². The molecule has 0 aromatic heterocycles. The van der Waals surface area contributed by atoms with Crippen LogP contribution in [-0.2, 0) is 0 Å². The predicted octanol–water partition coefficient (Wildman–Crippen LogP) is 2.61. The Labute approximate surface area is 57.0 Å². The van der Waals surface area contributed by atoms with Crippen molar-refractivity contribution in [3.63, 3.8) is 0 Å². The van der Waals surface area contributed by atoms with Crippen molar-refractivity contribution in [3.05, 3.63) is 12.7 Å². The topological polar surface area (TPSA) is 0 Å². The first-order valence-corrected chi connectivity index (χ1v) is 4.04. The molecule has 9 heavy (non-hydrogen) atoms. The van der Waals surface area contributed by atoms with E-state index in [2.05, 4.69) is 12.7 Å². The van der Waals surface area contributed by atoms with Crippen LogP contribution in [0.4, 0.5) is 0 Å². The van der Waals surface area contributed by atoms with Crippen LogP contribution in [0.3, 0.4) is 0 Å². The summed E-state index contributed by atoms with van der Waals surface area (Å²) in [5.74, 6) is 3.01. The molecule has 2 aliphatic carbocycles.